The molecule has 0 aliphatic heterocycles. The minimum Gasteiger partial charge on any atom is -0.334 e. The number of pyridine rings is 1. The quantitative estimate of drug-likeness (QED) is 0.577. The molecule has 0 bridgehead atoms. The summed E-state index contributed by atoms with van der Waals surface area (Å²) in [4.78, 5) is 12.9. The predicted octanol–water partition coefficient (Wildman–Crippen LogP) is 3.60. The Kier molecular flexibility index (Phi) is 3.42. The number of aryl methyl sites for hydroxylation is 2. The van der Waals surface area contributed by atoms with Crippen molar-refractivity contribution >= 4 is 0 Å². The molecule has 1 aromatic carbocycles. The van der Waals surface area contributed by atoms with Gasteiger partial charge < -0.3 is 4.52 Å². The summed E-state index contributed by atoms with van der Waals surface area (Å²) in [6, 6.07) is 9.89. The van der Waals surface area contributed by atoms with Gasteiger partial charge in [0.15, 0.2) is 0 Å². The monoisotopic (exact) mass is 317 g/mol. The molecule has 0 aliphatic rings. The predicted molar refractivity (Wildman–Crippen MR) is 89.6 cm³/mol. The standard InChI is InChI=1S/C18H15N5O/c1-12-3-4-14(9-13(12)2)18-21-17(22-24-18)15-5-6-16(20-10-15)23-8-7-19-11-23/h3-11H,1-2H3. The van der Waals surface area contributed by atoms with Crippen LogP contribution >= 0.6 is 0 Å². The molecule has 4 aromatic rings. The highest BCUT2D eigenvalue weighted by Gasteiger charge is 2.12. The summed E-state index contributed by atoms with van der Waals surface area (Å²) < 4.78 is 7.23. The molecule has 6 heteroatoms. The first-order valence-electron chi connectivity index (χ1n) is 7.57. The molecule has 0 amide bonds. The first-order valence-corrected chi connectivity index (χ1v) is 7.57. The van der Waals surface area contributed by atoms with Crippen LogP contribution in [0.5, 0.6) is 0 Å². The third-order valence-corrected chi connectivity index (χ3v) is 3.95. The van der Waals surface area contributed by atoms with Gasteiger partial charge >= 0.3 is 0 Å². The van der Waals surface area contributed by atoms with Gasteiger partial charge in [0.25, 0.3) is 5.89 Å². The molecular formula is C18H15N5O. The summed E-state index contributed by atoms with van der Waals surface area (Å²) in [5, 5.41) is 4.06. The second-order valence-electron chi connectivity index (χ2n) is 5.60. The molecule has 0 saturated heterocycles. The van der Waals surface area contributed by atoms with E-state index in [1.165, 1.54) is 11.1 Å². The molecule has 3 aromatic heterocycles. The van der Waals surface area contributed by atoms with Gasteiger partial charge in [-0.15, -0.1) is 0 Å². The number of benzene rings is 1. The van der Waals surface area contributed by atoms with E-state index in [1.807, 2.05) is 35.0 Å². The van der Waals surface area contributed by atoms with Crippen molar-refractivity contribution in [3.63, 3.8) is 0 Å². The largest absolute Gasteiger partial charge is 0.334 e. The Morgan fingerprint density at radius 2 is 1.88 bits per heavy atom. The molecule has 0 N–H and O–H groups in total. The van der Waals surface area contributed by atoms with Crippen LogP contribution in [-0.4, -0.2) is 24.7 Å². The fraction of sp³-hybridized carbons (Fsp3) is 0.111. The van der Waals surface area contributed by atoms with Gasteiger partial charge in [0.2, 0.25) is 5.82 Å². The summed E-state index contributed by atoms with van der Waals surface area (Å²) in [5.41, 5.74) is 4.15. The number of rotatable bonds is 3. The molecule has 3 heterocycles. The van der Waals surface area contributed by atoms with Crippen molar-refractivity contribution in [1.29, 1.82) is 0 Å². The fourth-order valence-corrected chi connectivity index (χ4v) is 2.40. The zero-order valence-corrected chi connectivity index (χ0v) is 13.3. The van der Waals surface area contributed by atoms with Gasteiger partial charge in [-0.3, -0.25) is 4.57 Å². The van der Waals surface area contributed by atoms with Gasteiger partial charge in [-0.1, -0.05) is 11.2 Å². The highest BCUT2D eigenvalue weighted by atomic mass is 16.5. The van der Waals surface area contributed by atoms with Gasteiger partial charge in [-0.05, 0) is 49.2 Å². The van der Waals surface area contributed by atoms with E-state index in [1.54, 1.807) is 18.7 Å². The lowest BCUT2D eigenvalue weighted by molar-refractivity contribution is 0.432. The summed E-state index contributed by atoms with van der Waals surface area (Å²) in [7, 11) is 0. The minimum atomic E-state index is 0.506. The molecule has 118 valence electrons. The normalized spacial score (nSPS) is 10.9. The van der Waals surface area contributed by atoms with Crippen LogP contribution in [0.25, 0.3) is 28.7 Å². The minimum absolute atomic E-state index is 0.506. The maximum atomic E-state index is 5.40. The van der Waals surface area contributed by atoms with E-state index >= 15 is 0 Å². The zero-order chi connectivity index (χ0) is 16.5. The van der Waals surface area contributed by atoms with Crippen molar-refractivity contribution in [1.82, 2.24) is 24.7 Å². The maximum Gasteiger partial charge on any atom is 0.258 e. The summed E-state index contributed by atoms with van der Waals surface area (Å²) in [6.07, 6.45) is 6.98. The SMILES string of the molecule is Cc1ccc(-c2nc(-c3ccc(-n4ccnc4)nc3)no2)cc1C. The average Bonchev–Trinajstić information content (AvgIpc) is 3.29. The number of hydrogen-bond donors (Lipinski definition) is 0. The summed E-state index contributed by atoms with van der Waals surface area (Å²) >= 11 is 0. The van der Waals surface area contributed by atoms with Crippen LogP contribution in [-0.2, 0) is 0 Å². The van der Waals surface area contributed by atoms with E-state index in [0.717, 1.165) is 16.9 Å². The lowest BCUT2D eigenvalue weighted by Crippen LogP contribution is -1.94. The van der Waals surface area contributed by atoms with Crippen LogP contribution in [0.15, 0.2) is 59.8 Å². The molecular weight excluding hydrogens is 302 g/mol. The highest BCUT2D eigenvalue weighted by Crippen LogP contribution is 2.24. The highest BCUT2D eigenvalue weighted by molar-refractivity contribution is 5.60. The smallest absolute Gasteiger partial charge is 0.258 e. The zero-order valence-electron chi connectivity index (χ0n) is 13.3. The molecule has 6 nitrogen and oxygen atoms in total. The Bertz CT molecular complexity index is 971. The van der Waals surface area contributed by atoms with Gasteiger partial charge in [0, 0.05) is 29.7 Å². The van der Waals surface area contributed by atoms with Crippen molar-refractivity contribution in [3.8, 4) is 28.7 Å². The second-order valence-corrected chi connectivity index (χ2v) is 5.60. The molecule has 0 radical (unpaired) electrons. The topological polar surface area (TPSA) is 69.6 Å². The van der Waals surface area contributed by atoms with Gasteiger partial charge in [-0.25, -0.2) is 9.97 Å². The lowest BCUT2D eigenvalue weighted by Gasteiger charge is -2.01. The Balaban J connectivity index is 1.63. The van der Waals surface area contributed by atoms with Crippen molar-refractivity contribution in [2.24, 2.45) is 0 Å². The second kappa shape index (κ2) is 5.73. The molecule has 0 unspecified atom stereocenters. The molecule has 0 spiro atoms. The summed E-state index contributed by atoms with van der Waals surface area (Å²) in [5.74, 6) is 1.81. The molecule has 0 saturated carbocycles. The van der Waals surface area contributed by atoms with Crippen LogP contribution in [0.4, 0.5) is 0 Å². The number of aromatic nitrogens is 5. The van der Waals surface area contributed by atoms with Crippen LogP contribution < -0.4 is 0 Å². The Morgan fingerprint density at radius 3 is 2.58 bits per heavy atom. The fourth-order valence-electron chi connectivity index (χ4n) is 2.40. The Hall–Kier alpha value is -3.28. The van der Waals surface area contributed by atoms with E-state index < -0.39 is 0 Å². The van der Waals surface area contributed by atoms with Crippen molar-refractivity contribution in [3.05, 3.63) is 66.4 Å². The van der Waals surface area contributed by atoms with E-state index in [2.05, 4.69) is 40.0 Å². The molecule has 4 rings (SSSR count). The van der Waals surface area contributed by atoms with E-state index in [0.29, 0.717) is 11.7 Å². The van der Waals surface area contributed by atoms with Crippen molar-refractivity contribution in [2.45, 2.75) is 13.8 Å². The first kappa shape index (κ1) is 14.3. The third kappa shape index (κ3) is 2.58. The molecule has 0 fully saturated rings. The Labute approximate surface area is 138 Å². The number of hydrogen-bond acceptors (Lipinski definition) is 5. The average molecular weight is 317 g/mol. The number of imidazole rings is 1. The third-order valence-electron chi connectivity index (χ3n) is 3.95. The van der Waals surface area contributed by atoms with Gasteiger partial charge in [0.05, 0.1) is 0 Å². The van der Waals surface area contributed by atoms with Crippen LogP contribution in [0, 0.1) is 13.8 Å². The summed E-state index contributed by atoms with van der Waals surface area (Å²) in [6.45, 7) is 4.14. The molecule has 0 aliphatic carbocycles. The van der Waals surface area contributed by atoms with E-state index in [-0.39, 0.29) is 0 Å². The van der Waals surface area contributed by atoms with E-state index in [9.17, 15) is 0 Å². The first-order chi connectivity index (χ1) is 11.7. The van der Waals surface area contributed by atoms with Gasteiger partial charge in [0.1, 0.15) is 12.1 Å². The van der Waals surface area contributed by atoms with Crippen LogP contribution in [0.1, 0.15) is 11.1 Å². The van der Waals surface area contributed by atoms with E-state index in [4.69, 9.17) is 4.52 Å². The van der Waals surface area contributed by atoms with Crippen LogP contribution in [0.3, 0.4) is 0 Å². The Morgan fingerprint density at radius 1 is 1.00 bits per heavy atom. The maximum absolute atomic E-state index is 5.40. The van der Waals surface area contributed by atoms with Crippen molar-refractivity contribution in [2.75, 3.05) is 0 Å². The van der Waals surface area contributed by atoms with Crippen molar-refractivity contribution < 1.29 is 4.52 Å². The van der Waals surface area contributed by atoms with Crippen LogP contribution in [0.2, 0.25) is 0 Å². The number of nitrogens with zero attached hydrogens (tertiary/aromatic N) is 5. The molecule has 0 atom stereocenters. The lowest BCUT2D eigenvalue weighted by atomic mass is 10.1. The molecule has 24 heavy (non-hydrogen) atoms. The van der Waals surface area contributed by atoms with Gasteiger partial charge in [-0.2, -0.15) is 4.98 Å².